The number of aromatic nitrogens is 3. The summed E-state index contributed by atoms with van der Waals surface area (Å²) in [6.07, 6.45) is 0. The Hall–Kier alpha value is -4.46. The largest absolute Gasteiger partial charge is 0.478 e. The van der Waals surface area contributed by atoms with E-state index in [1.54, 1.807) is 42.5 Å². The van der Waals surface area contributed by atoms with Crippen LogP contribution in [-0.2, 0) is 0 Å². The number of benzene rings is 3. The van der Waals surface area contributed by atoms with Gasteiger partial charge < -0.3 is 5.11 Å². The molecule has 31 heavy (non-hydrogen) atoms. The van der Waals surface area contributed by atoms with Crippen LogP contribution < -0.4 is 0 Å². The van der Waals surface area contributed by atoms with Crippen molar-refractivity contribution in [2.24, 2.45) is 4.99 Å². The van der Waals surface area contributed by atoms with Crippen molar-refractivity contribution in [2.75, 3.05) is 0 Å². The second kappa shape index (κ2) is 7.10. The normalized spacial score (nSPS) is 17.2. The highest BCUT2D eigenvalue weighted by Gasteiger charge is 2.41. The van der Waals surface area contributed by atoms with Crippen molar-refractivity contribution in [1.29, 1.82) is 0 Å². The van der Waals surface area contributed by atoms with Crippen LogP contribution >= 0.6 is 0 Å². The fourth-order valence-corrected chi connectivity index (χ4v) is 3.66. The molecule has 1 aliphatic carbocycles. The quantitative estimate of drug-likeness (QED) is 0.553. The van der Waals surface area contributed by atoms with Gasteiger partial charge in [0.15, 0.2) is 11.8 Å². The van der Waals surface area contributed by atoms with Crippen LogP contribution in [0.2, 0.25) is 0 Å². The number of hydrogen-bond acceptors (Lipinski definition) is 6. The monoisotopic (exact) mass is 410 g/mol. The molecule has 1 atom stereocenters. The van der Waals surface area contributed by atoms with Gasteiger partial charge in [-0.3, -0.25) is 9.59 Å². The average Bonchev–Trinajstić information content (AvgIpc) is 3.21. The van der Waals surface area contributed by atoms with Crippen molar-refractivity contribution in [2.45, 2.75) is 6.04 Å². The van der Waals surface area contributed by atoms with Crippen LogP contribution in [0.25, 0.3) is 11.0 Å². The first-order chi connectivity index (χ1) is 15.0. The van der Waals surface area contributed by atoms with Crippen LogP contribution in [0, 0.1) is 0 Å². The molecule has 1 N–H and O–H groups in total. The summed E-state index contributed by atoms with van der Waals surface area (Å²) in [7, 11) is 0. The Kier molecular flexibility index (Phi) is 4.25. The number of carbonyl (C=O) groups is 3. The second-order valence-corrected chi connectivity index (χ2v) is 7.01. The van der Waals surface area contributed by atoms with E-state index < -0.39 is 12.0 Å². The van der Waals surface area contributed by atoms with Crippen molar-refractivity contribution < 1.29 is 19.5 Å². The van der Waals surface area contributed by atoms with Crippen LogP contribution in [0.15, 0.2) is 77.8 Å². The topological polar surface area (TPSA) is 115 Å². The lowest BCUT2D eigenvalue weighted by Crippen LogP contribution is -2.39. The average molecular weight is 410 g/mol. The smallest absolute Gasteiger partial charge is 0.335 e. The summed E-state index contributed by atoms with van der Waals surface area (Å²) in [6.45, 7) is 0. The molecular weight excluding hydrogens is 396 g/mol. The van der Waals surface area contributed by atoms with Gasteiger partial charge in [-0.1, -0.05) is 41.6 Å². The highest BCUT2D eigenvalue weighted by molar-refractivity contribution is 6.54. The predicted molar refractivity (Wildman–Crippen MR) is 112 cm³/mol. The van der Waals surface area contributed by atoms with Crippen molar-refractivity contribution >= 4 is 40.0 Å². The third-order valence-electron chi connectivity index (χ3n) is 5.16. The van der Waals surface area contributed by atoms with Crippen molar-refractivity contribution in [1.82, 2.24) is 15.0 Å². The maximum Gasteiger partial charge on any atom is 0.335 e. The van der Waals surface area contributed by atoms with Crippen LogP contribution in [0.3, 0.4) is 0 Å². The Morgan fingerprint density at radius 2 is 1.58 bits per heavy atom. The molecule has 1 aliphatic rings. The summed E-state index contributed by atoms with van der Waals surface area (Å²) in [4.78, 5) is 42.4. The summed E-state index contributed by atoms with van der Waals surface area (Å²) in [5, 5.41) is 17.3. The Balaban J connectivity index is 1.72. The molecule has 1 heterocycles. The van der Waals surface area contributed by atoms with E-state index in [0.717, 1.165) is 0 Å². The van der Waals surface area contributed by atoms with Crippen molar-refractivity contribution in [3.63, 3.8) is 0 Å². The SMILES string of the molecule is O=C(O)c1ccc(N=C2C(=O)c3ccccc3C(=O)C2n2nnc3ccccc32)cc1. The standard InChI is InChI=1S/C23H14N4O4/c28-21-15-5-1-2-6-16(15)22(29)20(27-18-8-4-3-7-17(18)25-26-27)19(21)24-14-11-9-13(10-12-14)23(30)31/h1-12,20H,(H,30,31). The molecule has 0 saturated carbocycles. The lowest BCUT2D eigenvalue weighted by molar-refractivity contribution is 0.0696. The zero-order valence-corrected chi connectivity index (χ0v) is 16.0. The fraction of sp³-hybridized carbons (Fsp3) is 0.0435. The van der Waals surface area contributed by atoms with Crippen LogP contribution in [0.4, 0.5) is 5.69 Å². The molecule has 1 aromatic heterocycles. The molecule has 3 aromatic carbocycles. The summed E-state index contributed by atoms with van der Waals surface area (Å²) in [6, 6.07) is 18.4. The number of aliphatic imine (C=N–C) groups is 1. The number of Topliss-reactive ketones (excluding diaryl/α,β-unsaturated/α-hetero) is 2. The van der Waals surface area contributed by atoms with E-state index in [0.29, 0.717) is 22.3 Å². The molecule has 8 nitrogen and oxygen atoms in total. The zero-order chi connectivity index (χ0) is 21.5. The molecular formula is C23H14N4O4. The van der Waals surface area contributed by atoms with Crippen LogP contribution in [0.1, 0.15) is 37.1 Å². The van der Waals surface area contributed by atoms with E-state index in [-0.39, 0.29) is 28.4 Å². The number of carboxylic acids is 1. The molecule has 0 fully saturated rings. The van der Waals surface area contributed by atoms with E-state index >= 15 is 0 Å². The minimum atomic E-state index is -1.09. The first kappa shape index (κ1) is 18.6. The Morgan fingerprint density at radius 1 is 0.903 bits per heavy atom. The lowest BCUT2D eigenvalue weighted by Gasteiger charge is -2.24. The van der Waals surface area contributed by atoms with E-state index in [4.69, 9.17) is 5.11 Å². The van der Waals surface area contributed by atoms with E-state index in [2.05, 4.69) is 15.3 Å². The second-order valence-electron chi connectivity index (χ2n) is 7.01. The lowest BCUT2D eigenvalue weighted by atomic mass is 9.84. The number of aromatic carboxylic acids is 1. The van der Waals surface area contributed by atoms with E-state index in [1.807, 2.05) is 6.07 Å². The molecule has 0 amide bonds. The van der Waals surface area contributed by atoms with Gasteiger partial charge in [-0.2, -0.15) is 0 Å². The Labute approximate surface area is 175 Å². The van der Waals surface area contributed by atoms with E-state index in [1.165, 1.54) is 28.9 Å². The van der Waals surface area contributed by atoms with Gasteiger partial charge in [-0.15, -0.1) is 5.10 Å². The molecule has 0 saturated heterocycles. The summed E-state index contributed by atoms with van der Waals surface area (Å²) >= 11 is 0. The molecule has 150 valence electrons. The third-order valence-corrected chi connectivity index (χ3v) is 5.16. The molecule has 8 heteroatoms. The summed E-state index contributed by atoms with van der Waals surface area (Å²) < 4.78 is 1.41. The maximum absolute atomic E-state index is 13.4. The summed E-state index contributed by atoms with van der Waals surface area (Å²) in [5.74, 6) is -1.77. The highest BCUT2D eigenvalue weighted by atomic mass is 16.4. The van der Waals surface area contributed by atoms with Gasteiger partial charge in [0, 0.05) is 11.1 Å². The number of nitrogens with zero attached hydrogens (tertiary/aromatic N) is 4. The molecule has 0 bridgehead atoms. The number of carboxylic acid groups (broad SMARTS) is 1. The highest BCUT2D eigenvalue weighted by Crippen LogP contribution is 2.31. The molecule has 5 rings (SSSR count). The van der Waals surface area contributed by atoms with Crippen LogP contribution in [-0.4, -0.2) is 43.3 Å². The van der Waals surface area contributed by atoms with E-state index in [9.17, 15) is 14.4 Å². The molecule has 0 radical (unpaired) electrons. The number of rotatable bonds is 3. The first-order valence-corrected chi connectivity index (χ1v) is 9.44. The Bertz CT molecular complexity index is 1400. The van der Waals surface area contributed by atoms with Gasteiger partial charge in [-0.25, -0.2) is 14.5 Å². The number of carbonyl (C=O) groups excluding carboxylic acids is 2. The van der Waals surface area contributed by atoms with Gasteiger partial charge in [0.1, 0.15) is 11.2 Å². The fourth-order valence-electron chi connectivity index (χ4n) is 3.66. The number of ketones is 2. The minimum absolute atomic E-state index is 0.00225. The summed E-state index contributed by atoms with van der Waals surface area (Å²) in [5.41, 5.74) is 2.22. The predicted octanol–water partition coefficient (Wildman–Crippen LogP) is 3.52. The molecule has 4 aromatic rings. The van der Waals surface area contributed by atoms with Gasteiger partial charge in [0.05, 0.1) is 16.8 Å². The zero-order valence-electron chi connectivity index (χ0n) is 16.0. The van der Waals surface area contributed by atoms with Crippen molar-refractivity contribution in [3.8, 4) is 0 Å². The van der Waals surface area contributed by atoms with Gasteiger partial charge in [-0.05, 0) is 36.4 Å². The molecule has 0 spiro atoms. The Morgan fingerprint density at radius 3 is 2.32 bits per heavy atom. The van der Waals surface area contributed by atoms with Gasteiger partial charge in [0.2, 0.25) is 5.78 Å². The third kappa shape index (κ3) is 3.01. The number of hydrogen-bond donors (Lipinski definition) is 1. The maximum atomic E-state index is 13.4. The van der Waals surface area contributed by atoms with Gasteiger partial charge >= 0.3 is 5.97 Å². The van der Waals surface area contributed by atoms with Crippen molar-refractivity contribution in [3.05, 3.63) is 89.5 Å². The van der Waals surface area contributed by atoms with Crippen LogP contribution in [0.5, 0.6) is 0 Å². The van der Waals surface area contributed by atoms with Gasteiger partial charge in [0.25, 0.3) is 0 Å². The number of para-hydroxylation sites is 1. The number of fused-ring (bicyclic) bond motifs is 2. The molecule has 1 unspecified atom stereocenters. The molecule has 0 aliphatic heterocycles. The minimum Gasteiger partial charge on any atom is -0.478 e. The first-order valence-electron chi connectivity index (χ1n) is 9.44.